The number of thiazole rings is 1. The second-order valence-electron chi connectivity index (χ2n) is 7.12. The minimum absolute atomic E-state index is 0.0169. The van der Waals surface area contributed by atoms with Crippen LogP contribution in [0.2, 0.25) is 0 Å². The number of aromatic nitrogens is 2. The quantitative estimate of drug-likeness (QED) is 0.723. The molecule has 2 N–H and O–H groups in total. The molecule has 2 amide bonds. The molecule has 1 aliphatic rings. The lowest BCUT2D eigenvalue weighted by Gasteiger charge is -2.37. The van der Waals surface area contributed by atoms with Gasteiger partial charge in [0.25, 0.3) is 6.47 Å². The van der Waals surface area contributed by atoms with Crippen LogP contribution >= 0.6 is 11.3 Å². The SMILES string of the molecule is Cc1csc(C(C)NC(=O)N(Cc2ccncc2)C2CCN(C)CC2)n1.O=CO. The van der Waals surface area contributed by atoms with Crippen molar-refractivity contribution in [3.8, 4) is 0 Å². The number of carboxylic acid groups (broad SMARTS) is 1. The number of nitrogens with zero attached hydrogens (tertiary/aromatic N) is 4. The number of nitrogens with one attached hydrogen (secondary N) is 1. The highest BCUT2D eigenvalue weighted by Crippen LogP contribution is 2.21. The Kier molecular flexibility index (Phi) is 9.01. The highest BCUT2D eigenvalue weighted by atomic mass is 32.1. The highest BCUT2D eigenvalue weighted by molar-refractivity contribution is 7.09. The number of hydrogen-bond acceptors (Lipinski definition) is 6. The van der Waals surface area contributed by atoms with Crippen LogP contribution in [0.1, 0.15) is 42.1 Å². The lowest BCUT2D eigenvalue weighted by atomic mass is 10.0. The summed E-state index contributed by atoms with van der Waals surface area (Å²) >= 11 is 1.59. The molecule has 0 saturated carbocycles. The molecule has 29 heavy (non-hydrogen) atoms. The summed E-state index contributed by atoms with van der Waals surface area (Å²) in [5.74, 6) is 0. The largest absolute Gasteiger partial charge is 0.483 e. The van der Waals surface area contributed by atoms with Gasteiger partial charge >= 0.3 is 6.03 Å². The van der Waals surface area contributed by atoms with Gasteiger partial charge < -0.3 is 20.2 Å². The molecule has 0 bridgehead atoms. The molecule has 1 atom stereocenters. The van der Waals surface area contributed by atoms with Gasteiger partial charge in [0.15, 0.2) is 0 Å². The summed E-state index contributed by atoms with van der Waals surface area (Å²) in [6.07, 6.45) is 5.56. The second-order valence-corrected chi connectivity index (χ2v) is 8.01. The molecule has 3 heterocycles. The van der Waals surface area contributed by atoms with Gasteiger partial charge in [0.1, 0.15) is 5.01 Å². The first-order valence-electron chi connectivity index (χ1n) is 9.59. The van der Waals surface area contributed by atoms with Crippen LogP contribution in [-0.2, 0) is 11.3 Å². The molecule has 1 unspecified atom stereocenters. The Labute approximate surface area is 175 Å². The maximum atomic E-state index is 13.1. The van der Waals surface area contributed by atoms with E-state index in [1.54, 1.807) is 23.7 Å². The van der Waals surface area contributed by atoms with Crippen molar-refractivity contribution in [1.29, 1.82) is 0 Å². The summed E-state index contributed by atoms with van der Waals surface area (Å²) in [6, 6.07) is 4.10. The zero-order valence-corrected chi connectivity index (χ0v) is 17.9. The van der Waals surface area contributed by atoms with Crippen molar-refractivity contribution in [2.24, 2.45) is 0 Å². The Morgan fingerprint density at radius 3 is 2.59 bits per heavy atom. The van der Waals surface area contributed by atoms with E-state index in [-0.39, 0.29) is 24.6 Å². The minimum atomic E-state index is -0.250. The molecule has 8 nitrogen and oxygen atoms in total. The number of urea groups is 1. The van der Waals surface area contributed by atoms with Crippen molar-refractivity contribution in [3.05, 3.63) is 46.2 Å². The Balaban J connectivity index is 0.000000941. The normalized spacial score (nSPS) is 15.7. The molecule has 1 fully saturated rings. The van der Waals surface area contributed by atoms with Crippen LogP contribution in [0.3, 0.4) is 0 Å². The zero-order chi connectivity index (χ0) is 21.2. The molecule has 0 aliphatic carbocycles. The van der Waals surface area contributed by atoms with Crippen molar-refractivity contribution in [3.63, 3.8) is 0 Å². The lowest BCUT2D eigenvalue weighted by Crippen LogP contribution is -2.50. The number of carbonyl (C=O) groups is 2. The van der Waals surface area contributed by atoms with E-state index in [0.717, 1.165) is 42.2 Å². The fourth-order valence-corrected chi connectivity index (χ4v) is 4.06. The summed E-state index contributed by atoms with van der Waals surface area (Å²) in [5, 5.41) is 13.0. The van der Waals surface area contributed by atoms with Crippen LogP contribution < -0.4 is 5.32 Å². The molecule has 1 aliphatic heterocycles. The van der Waals surface area contributed by atoms with E-state index in [0.29, 0.717) is 6.54 Å². The van der Waals surface area contributed by atoms with E-state index >= 15 is 0 Å². The molecule has 0 aromatic carbocycles. The third-order valence-electron chi connectivity index (χ3n) is 4.84. The number of likely N-dealkylation sites (tertiary alicyclic amines) is 1. The predicted octanol–water partition coefficient (Wildman–Crippen LogP) is 2.91. The van der Waals surface area contributed by atoms with Gasteiger partial charge in [0.05, 0.1) is 6.04 Å². The maximum Gasteiger partial charge on any atom is 0.318 e. The number of aryl methyl sites for hydroxylation is 1. The maximum absolute atomic E-state index is 13.1. The van der Waals surface area contributed by atoms with Gasteiger partial charge in [-0.1, -0.05) is 0 Å². The number of rotatable bonds is 5. The van der Waals surface area contributed by atoms with Gasteiger partial charge in [-0.2, -0.15) is 0 Å². The molecule has 3 rings (SSSR count). The van der Waals surface area contributed by atoms with Crippen LogP contribution in [0, 0.1) is 6.92 Å². The van der Waals surface area contributed by atoms with Gasteiger partial charge in [0, 0.05) is 36.1 Å². The average Bonchev–Trinajstić information content (AvgIpc) is 3.15. The van der Waals surface area contributed by atoms with Gasteiger partial charge in [-0.3, -0.25) is 9.78 Å². The van der Waals surface area contributed by atoms with Crippen LogP contribution in [0.15, 0.2) is 29.9 Å². The van der Waals surface area contributed by atoms with E-state index in [1.165, 1.54) is 0 Å². The molecular weight excluding hydrogens is 390 g/mol. The zero-order valence-electron chi connectivity index (χ0n) is 17.1. The number of piperidine rings is 1. The molecule has 2 aromatic rings. The molecular formula is C20H29N5O3S. The number of hydrogen-bond donors (Lipinski definition) is 2. The Hall–Kier alpha value is -2.52. The number of pyridine rings is 1. The van der Waals surface area contributed by atoms with E-state index in [4.69, 9.17) is 9.90 Å². The van der Waals surface area contributed by atoms with Gasteiger partial charge in [0.2, 0.25) is 0 Å². The van der Waals surface area contributed by atoms with Crippen LogP contribution in [0.5, 0.6) is 0 Å². The third kappa shape index (κ3) is 7.10. The summed E-state index contributed by atoms with van der Waals surface area (Å²) in [7, 11) is 2.14. The number of amides is 2. The minimum Gasteiger partial charge on any atom is -0.483 e. The second kappa shape index (κ2) is 11.5. The van der Waals surface area contributed by atoms with Crippen molar-refractivity contribution in [1.82, 2.24) is 25.1 Å². The Bertz CT molecular complexity index is 762. The first-order valence-corrected chi connectivity index (χ1v) is 10.5. The van der Waals surface area contributed by atoms with Crippen molar-refractivity contribution < 1.29 is 14.7 Å². The summed E-state index contributed by atoms with van der Waals surface area (Å²) in [6.45, 7) is 6.36. The van der Waals surface area contributed by atoms with E-state index in [2.05, 4.69) is 27.2 Å². The van der Waals surface area contributed by atoms with E-state index in [9.17, 15) is 4.79 Å². The first kappa shape index (κ1) is 22.8. The van der Waals surface area contributed by atoms with E-state index in [1.807, 2.05) is 36.3 Å². The number of carbonyl (C=O) groups excluding carboxylic acids is 1. The summed E-state index contributed by atoms with van der Waals surface area (Å²) in [4.78, 5) is 34.3. The summed E-state index contributed by atoms with van der Waals surface area (Å²) in [5.41, 5.74) is 2.10. The highest BCUT2D eigenvalue weighted by Gasteiger charge is 2.28. The standard InChI is InChI=1S/C19H27N5OS.CH2O2/c1-14-13-26-18(21-14)15(2)22-19(25)24(12-16-4-8-20-9-5-16)17-6-10-23(3)11-7-17;2-1-3/h4-5,8-9,13,15,17H,6-7,10-12H2,1-3H3,(H,22,25);1H,(H,2,3). The third-order valence-corrected chi connectivity index (χ3v) is 5.98. The molecule has 2 aromatic heterocycles. The molecule has 9 heteroatoms. The van der Waals surface area contributed by atoms with Crippen LogP contribution in [-0.4, -0.2) is 63.6 Å². The van der Waals surface area contributed by atoms with Crippen LogP contribution in [0.4, 0.5) is 4.79 Å². The molecule has 0 spiro atoms. The first-order chi connectivity index (χ1) is 13.9. The lowest BCUT2D eigenvalue weighted by molar-refractivity contribution is -0.122. The van der Waals surface area contributed by atoms with E-state index < -0.39 is 0 Å². The average molecular weight is 420 g/mol. The fraction of sp³-hybridized carbons (Fsp3) is 0.500. The molecule has 0 radical (unpaired) electrons. The fourth-order valence-electron chi connectivity index (χ4n) is 3.26. The topological polar surface area (TPSA) is 98.7 Å². The molecule has 1 saturated heterocycles. The Morgan fingerprint density at radius 2 is 2.03 bits per heavy atom. The van der Waals surface area contributed by atoms with Gasteiger partial charge in [-0.25, -0.2) is 9.78 Å². The van der Waals surface area contributed by atoms with Gasteiger partial charge in [-0.15, -0.1) is 11.3 Å². The van der Waals surface area contributed by atoms with Crippen LogP contribution in [0.25, 0.3) is 0 Å². The molecule has 158 valence electrons. The van der Waals surface area contributed by atoms with Crippen molar-refractivity contribution in [2.75, 3.05) is 20.1 Å². The summed E-state index contributed by atoms with van der Waals surface area (Å²) < 4.78 is 0. The van der Waals surface area contributed by atoms with Gasteiger partial charge in [-0.05, 0) is 64.5 Å². The van der Waals surface area contributed by atoms with Crippen molar-refractivity contribution in [2.45, 2.75) is 45.3 Å². The predicted molar refractivity (Wildman–Crippen MR) is 113 cm³/mol. The smallest absolute Gasteiger partial charge is 0.318 e. The Morgan fingerprint density at radius 1 is 1.41 bits per heavy atom. The monoisotopic (exact) mass is 419 g/mol. The van der Waals surface area contributed by atoms with Crippen molar-refractivity contribution >= 4 is 23.8 Å².